The Morgan fingerprint density at radius 3 is 2.12 bits per heavy atom. The zero-order valence-corrected chi connectivity index (χ0v) is 22.0. The lowest BCUT2D eigenvalue weighted by atomic mass is 9.84. The van der Waals surface area contributed by atoms with Crippen molar-refractivity contribution in [3.63, 3.8) is 0 Å². The number of methoxy groups -OCH3 is 3. The summed E-state index contributed by atoms with van der Waals surface area (Å²) in [6.45, 7) is 9.72. The molecule has 0 aromatic heterocycles. The van der Waals surface area contributed by atoms with Gasteiger partial charge in [-0.15, -0.1) is 0 Å². The van der Waals surface area contributed by atoms with Crippen LogP contribution in [0.3, 0.4) is 0 Å². The van der Waals surface area contributed by atoms with Crippen molar-refractivity contribution in [3.8, 4) is 0 Å². The average Bonchev–Trinajstić information content (AvgIpc) is 2.82. The summed E-state index contributed by atoms with van der Waals surface area (Å²) in [5.41, 5.74) is 0. The summed E-state index contributed by atoms with van der Waals surface area (Å²) in [6.07, 6.45) is 5.21. The molecular weight excluding hydrogens is 426 g/mol. The standard InChI is InChI=1S/C25H47NO7/c1-10-21(28)15-23(31-8)17(2)11-12-22(33-25(29)20(5)30-7)19(4)24(32-9)18(3)13-14-26(6)16-27/h13-14,16-24,28H,10-12,15H2,1-9H3/b14-13+/t17-,18+,19-,20?,21+,22+,23-,24+/m0/s1. The van der Waals surface area contributed by atoms with Gasteiger partial charge in [0, 0.05) is 46.4 Å². The van der Waals surface area contributed by atoms with E-state index in [0.29, 0.717) is 19.3 Å². The fourth-order valence-corrected chi connectivity index (χ4v) is 3.91. The first-order valence-electron chi connectivity index (χ1n) is 11.9. The van der Waals surface area contributed by atoms with E-state index in [1.165, 1.54) is 12.0 Å². The Morgan fingerprint density at radius 2 is 1.64 bits per heavy atom. The van der Waals surface area contributed by atoms with Gasteiger partial charge in [0.25, 0.3) is 0 Å². The molecule has 0 saturated carbocycles. The Balaban J connectivity index is 5.50. The molecule has 0 radical (unpaired) electrons. The van der Waals surface area contributed by atoms with E-state index in [1.807, 2.05) is 26.8 Å². The summed E-state index contributed by atoms with van der Waals surface area (Å²) in [5, 5.41) is 10.0. The van der Waals surface area contributed by atoms with Gasteiger partial charge in [-0.05, 0) is 38.5 Å². The van der Waals surface area contributed by atoms with Crippen molar-refractivity contribution in [1.29, 1.82) is 0 Å². The van der Waals surface area contributed by atoms with Gasteiger partial charge in [-0.2, -0.15) is 0 Å². The molecule has 1 unspecified atom stereocenters. The smallest absolute Gasteiger partial charge is 0.335 e. The van der Waals surface area contributed by atoms with Gasteiger partial charge in [-0.3, -0.25) is 4.79 Å². The molecule has 0 bridgehead atoms. The van der Waals surface area contributed by atoms with Gasteiger partial charge < -0.3 is 29.0 Å². The molecule has 0 aliphatic rings. The average molecular weight is 474 g/mol. The largest absolute Gasteiger partial charge is 0.460 e. The van der Waals surface area contributed by atoms with Gasteiger partial charge in [0.1, 0.15) is 6.10 Å². The topological polar surface area (TPSA) is 94.5 Å². The zero-order valence-electron chi connectivity index (χ0n) is 22.0. The number of esters is 1. The van der Waals surface area contributed by atoms with Crippen LogP contribution >= 0.6 is 0 Å². The lowest BCUT2D eigenvalue weighted by Crippen LogP contribution is -2.40. The molecule has 0 aromatic carbocycles. The molecule has 0 spiro atoms. The van der Waals surface area contributed by atoms with Crippen LogP contribution in [0.4, 0.5) is 0 Å². The van der Waals surface area contributed by atoms with Crippen molar-refractivity contribution in [2.75, 3.05) is 28.4 Å². The highest BCUT2D eigenvalue weighted by atomic mass is 16.6. The minimum Gasteiger partial charge on any atom is -0.460 e. The third kappa shape index (κ3) is 11.5. The van der Waals surface area contributed by atoms with Crippen LogP contribution in [0, 0.1) is 17.8 Å². The molecule has 194 valence electrons. The Labute approximate surface area is 200 Å². The van der Waals surface area contributed by atoms with Gasteiger partial charge in [0.15, 0.2) is 6.10 Å². The molecule has 8 atom stereocenters. The Morgan fingerprint density at radius 1 is 1.00 bits per heavy atom. The van der Waals surface area contributed by atoms with E-state index >= 15 is 0 Å². The van der Waals surface area contributed by atoms with E-state index in [-0.39, 0.29) is 30.0 Å². The van der Waals surface area contributed by atoms with E-state index in [1.54, 1.807) is 34.4 Å². The quantitative estimate of drug-likeness (QED) is 0.241. The molecule has 0 aliphatic carbocycles. The van der Waals surface area contributed by atoms with Crippen molar-refractivity contribution >= 4 is 12.4 Å². The highest BCUT2D eigenvalue weighted by molar-refractivity contribution is 5.74. The van der Waals surface area contributed by atoms with Crippen LogP contribution in [0.1, 0.15) is 60.3 Å². The maximum absolute atomic E-state index is 12.5. The molecule has 0 heterocycles. The molecule has 0 saturated heterocycles. The molecule has 1 amide bonds. The molecule has 0 rings (SSSR count). The first-order valence-corrected chi connectivity index (χ1v) is 11.9. The number of aliphatic hydroxyl groups excluding tert-OH is 1. The summed E-state index contributed by atoms with van der Waals surface area (Å²) in [4.78, 5) is 24.8. The normalized spacial score (nSPS) is 19.2. The predicted molar refractivity (Wildman–Crippen MR) is 129 cm³/mol. The summed E-state index contributed by atoms with van der Waals surface area (Å²) < 4.78 is 22.4. The van der Waals surface area contributed by atoms with E-state index in [9.17, 15) is 14.7 Å². The third-order valence-electron chi connectivity index (χ3n) is 6.46. The van der Waals surface area contributed by atoms with Crippen LogP contribution in [0.5, 0.6) is 0 Å². The molecule has 8 nitrogen and oxygen atoms in total. The number of hydrogen-bond donors (Lipinski definition) is 1. The second kappa shape index (κ2) is 17.0. The van der Waals surface area contributed by atoms with Crippen LogP contribution in [0.25, 0.3) is 0 Å². The number of carbonyl (C=O) groups excluding carboxylic acids is 2. The van der Waals surface area contributed by atoms with Gasteiger partial charge in [0.2, 0.25) is 6.41 Å². The summed E-state index contributed by atoms with van der Waals surface area (Å²) in [5.74, 6) is -0.370. The van der Waals surface area contributed by atoms with Crippen LogP contribution in [0.2, 0.25) is 0 Å². The number of rotatable bonds is 18. The second-order valence-corrected chi connectivity index (χ2v) is 9.01. The van der Waals surface area contributed by atoms with Gasteiger partial charge in [-0.1, -0.05) is 33.8 Å². The highest BCUT2D eigenvalue weighted by Gasteiger charge is 2.33. The van der Waals surface area contributed by atoms with Crippen LogP contribution in [0.15, 0.2) is 12.3 Å². The Bertz CT molecular complexity index is 571. The highest BCUT2D eigenvalue weighted by Crippen LogP contribution is 2.28. The molecule has 8 heteroatoms. The molecule has 0 aromatic rings. The van der Waals surface area contributed by atoms with Gasteiger partial charge in [-0.25, -0.2) is 4.79 Å². The van der Waals surface area contributed by atoms with Crippen molar-refractivity contribution in [3.05, 3.63) is 12.3 Å². The van der Waals surface area contributed by atoms with Gasteiger partial charge >= 0.3 is 5.97 Å². The lowest BCUT2D eigenvalue weighted by molar-refractivity contribution is -0.166. The monoisotopic (exact) mass is 473 g/mol. The van der Waals surface area contributed by atoms with Crippen LogP contribution in [-0.4, -0.2) is 81.3 Å². The number of carbonyl (C=O) groups is 2. The third-order valence-corrected chi connectivity index (χ3v) is 6.46. The molecule has 0 fully saturated rings. The molecule has 33 heavy (non-hydrogen) atoms. The lowest BCUT2D eigenvalue weighted by Gasteiger charge is -2.34. The fourth-order valence-electron chi connectivity index (χ4n) is 3.91. The Kier molecular flexibility index (Phi) is 16.3. The Hall–Kier alpha value is -1.48. The fraction of sp³-hybridized carbons (Fsp3) is 0.840. The summed E-state index contributed by atoms with van der Waals surface area (Å²) in [7, 11) is 6.45. The van der Waals surface area contributed by atoms with Crippen LogP contribution < -0.4 is 0 Å². The number of hydrogen-bond acceptors (Lipinski definition) is 7. The predicted octanol–water partition coefficient (Wildman–Crippen LogP) is 3.41. The number of ether oxygens (including phenoxy) is 4. The summed E-state index contributed by atoms with van der Waals surface area (Å²) in [6, 6.07) is 0. The van der Waals surface area contributed by atoms with E-state index in [4.69, 9.17) is 18.9 Å². The van der Waals surface area contributed by atoms with Crippen molar-refractivity contribution < 1.29 is 33.6 Å². The summed E-state index contributed by atoms with van der Waals surface area (Å²) >= 11 is 0. The minimum absolute atomic E-state index is 0.0164. The van der Waals surface area contributed by atoms with E-state index in [2.05, 4.69) is 6.92 Å². The van der Waals surface area contributed by atoms with Crippen LogP contribution in [-0.2, 0) is 28.5 Å². The van der Waals surface area contributed by atoms with Crippen molar-refractivity contribution in [2.24, 2.45) is 17.8 Å². The zero-order chi connectivity index (χ0) is 25.6. The molecular formula is C25H47NO7. The number of amides is 1. The number of aliphatic hydroxyl groups is 1. The van der Waals surface area contributed by atoms with E-state index < -0.39 is 24.3 Å². The molecule has 0 aliphatic heterocycles. The SMILES string of the molecule is CC[C@@H](O)C[C@H](OC)[C@@H](C)CC[C@@H](OC(=O)C(C)OC)[C@H](C)[C@H](OC)[C@H](C)/C=C/N(C)C=O. The minimum atomic E-state index is -0.664. The maximum atomic E-state index is 12.5. The molecule has 1 N–H and O–H groups in total. The first kappa shape index (κ1) is 31.5. The second-order valence-electron chi connectivity index (χ2n) is 9.01. The van der Waals surface area contributed by atoms with Crippen molar-refractivity contribution in [2.45, 2.75) is 90.8 Å². The van der Waals surface area contributed by atoms with Crippen molar-refractivity contribution in [1.82, 2.24) is 4.90 Å². The first-order chi connectivity index (χ1) is 15.6. The van der Waals surface area contributed by atoms with E-state index in [0.717, 1.165) is 12.8 Å². The maximum Gasteiger partial charge on any atom is 0.335 e. The number of nitrogens with zero attached hydrogens (tertiary/aromatic N) is 1. The van der Waals surface area contributed by atoms with Gasteiger partial charge in [0.05, 0.1) is 18.3 Å².